The van der Waals surface area contributed by atoms with Gasteiger partial charge >= 0.3 is 0 Å². The van der Waals surface area contributed by atoms with Gasteiger partial charge in [0.05, 0.1) is 0 Å². The highest BCUT2D eigenvalue weighted by Crippen LogP contribution is 2.35. The molecule has 0 saturated heterocycles. The summed E-state index contributed by atoms with van der Waals surface area (Å²) in [7, 11) is 0. The molecule has 2 nitrogen and oxygen atoms in total. The number of hydrogen-bond acceptors (Lipinski definition) is 3. The summed E-state index contributed by atoms with van der Waals surface area (Å²) in [6.07, 6.45) is 3.70. The molecule has 0 amide bonds. The maximum atomic E-state index is 5.91. The minimum Gasteiger partial charge on any atom is -0.489 e. The van der Waals surface area contributed by atoms with E-state index in [1.165, 1.54) is 21.2 Å². The summed E-state index contributed by atoms with van der Waals surface area (Å²) in [5.74, 6) is 0.904. The molecule has 4 aromatic rings. The first-order valence-electron chi connectivity index (χ1n) is 7.48. The highest BCUT2D eigenvalue weighted by atomic mass is 32.1. The van der Waals surface area contributed by atoms with Crippen LogP contribution < -0.4 is 4.74 Å². The van der Waals surface area contributed by atoms with Crippen LogP contribution in [-0.2, 0) is 6.61 Å². The average Bonchev–Trinajstić information content (AvgIpc) is 3.05. The van der Waals surface area contributed by atoms with Crippen LogP contribution >= 0.6 is 11.3 Å². The van der Waals surface area contributed by atoms with E-state index in [4.69, 9.17) is 4.74 Å². The summed E-state index contributed by atoms with van der Waals surface area (Å²) in [6, 6.07) is 20.6. The number of ether oxygens (including phenoxy) is 1. The van der Waals surface area contributed by atoms with Gasteiger partial charge < -0.3 is 4.74 Å². The van der Waals surface area contributed by atoms with Crippen molar-refractivity contribution in [2.24, 2.45) is 0 Å². The van der Waals surface area contributed by atoms with Gasteiger partial charge in [-0.3, -0.25) is 4.98 Å². The van der Waals surface area contributed by atoms with Gasteiger partial charge in [-0.1, -0.05) is 36.4 Å². The number of thiophene rings is 1. The standard InChI is InChI=1S/C20H15NOS/c1-2-5-15(6-3-1)13-22-17-8-9-18-19(14-23-20(18)11-17)16-7-4-10-21-12-16/h1-12,14H,13H2. The van der Waals surface area contributed by atoms with Crippen LogP contribution in [-0.4, -0.2) is 4.98 Å². The quantitative estimate of drug-likeness (QED) is 0.493. The third-order valence-corrected chi connectivity index (χ3v) is 4.71. The molecule has 2 aromatic carbocycles. The van der Waals surface area contributed by atoms with Gasteiger partial charge in [0.1, 0.15) is 12.4 Å². The van der Waals surface area contributed by atoms with Crippen LogP contribution in [0.5, 0.6) is 5.75 Å². The lowest BCUT2D eigenvalue weighted by Crippen LogP contribution is -1.94. The molecule has 0 atom stereocenters. The molecule has 2 heterocycles. The first kappa shape index (κ1) is 14.0. The molecule has 2 aromatic heterocycles. The maximum absolute atomic E-state index is 5.91. The maximum Gasteiger partial charge on any atom is 0.121 e. The monoisotopic (exact) mass is 317 g/mol. The summed E-state index contributed by atoms with van der Waals surface area (Å²) in [4.78, 5) is 4.21. The molecule has 3 heteroatoms. The Morgan fingerprint density at radius 1 is 0.957 bits per heavy atom. The lowest BCUT2D eigenvalue weighted by atomic mass is 10.1. The molecular weight excluding hydrogens is 302 g/mol. The third-order valence-electron chi connectivity index (χ3n) is 3.77. The van der Waals surface area contributed by atoms with Gasteiger partial charge in [0.2, 0.25) is 0 Å². The Morgan fingerprint density at radius 2 is 1.87 bits per heavy atom. The molecule has 0 radical (unpaired) electrons. The summed E-state index contributed by atoms with van der Waals surface area (Å²) >= 11 is 1.74. The van der Waals surface area contributed by atoms with Crippen molar-refractivity contribution in [1.29, 1.82) is 0 Å². The fourth-order valence-electron chi connectivity index (χ4n) is 2.58. The van der Waals surface area contributed by atoms with Crippen molar-refractivity contribution in [3.8, 4) is 16.9 Å². The average molecular weight is 317 g/mol. The van der Waals surface area contributed by atoms with Gasteiger partial charge in [0.15, 0.2) is 0 Å². The summed E-state index contributed by atoms with van der Waals surface area (Å²) in [5, 5.41) is 3.43. The topological polar surface area (TPSA) is 22.1 Å². The number of rotatable bonds is 4. The Morgan fingerprint density at radius 3 is 2.70 bits per heavy atom. The summed E-state index contributed by atoms with van der Waals surface area (Å²) < 4.78 is 7.14. The van der Waals surface area contributed by atoms with Crippen LogP contribution in [0.4, 0.5) is 0 Å². The molecule has 0 bridgehead atoms. The fraction of sp³-hybridized carbons (Fsp3) is 0.0500. The van der Waals surface area contributed by atoms with Crippen molar-refractivity contribution in [2.75, 3.05) is 0 Å². The zero-order valence-corrected chi connectivity index (χ0v) is 13.3. The van der Waals surface area contributed by atoms with E-state index in [0.29, 0.717) is 6.61 Å². The number of fused-ring (bicyclic) bond motifs is 1. The predicted octanol–water partition coefficient (Wildman–Crippen LogP) is 5.54. The Labute approximate surface area is 139 Å². The second-order valence-electron chi connectivity index (χ2n) is 5.32. The van der Waals surface area contributed by atoms with Gasteiger partial charge in [-0.25, -0.2) is 0 Å². The Kier molecular flexibility index (Phi) is 3.78. The largest absolute Gasteiger partial charge is 0.489 e. The van der Waals surface area contributed by atoms with E-state index in [2.05, 4.69) is 40.7 Å². The van der Waals surface area contributed by atoms with Crippen molar-refractivity contribution in [1.82, 2.24) is 4.98 Å². The van der Waals surface area contributed by atoms with Crippen LogP contribution in [0.2, 0.25) is 0 Å². The second kappa shape index (κ2) is 6.23. The summed E-state index contributed by atoms with van der Waals surface area (Å²) in [6.45, 7) is 0.590. The van der Waals surface area contributed by atoms with Crippen molar-refractivity contribution in [3.63, 3.8) is 0 Å². The van der Waals surface area contributed by atoms with Crippen molar-refractivity contribution in [2.45, 2.75) is 6.61 Å². The first-order valence-corrected chi connectivity index (χ1v) is 8.36. The van der Waals surface area contributed by atoms with Crippen LogP contribution in [0.3, 0.4) is 0 Å². The van der Waals surface area contributed by atoms with Gasteiger partial charge in [0.25, 0.3) is 0 Å². The number of nitrogens with zero attached hydrogens (tertiary/aromatic N) is 1. The molecule has 0 fully saturated rings. The molecule has 4 rings (SSSR count). The molecular formula is C20H15NOS. The minimum atomic E-state index is 0.590. The van der Waals surface area contributed by atoms with E-state index in [0.717, 1.165) is 11.3 Å². The van der Waals surface area contributed by atoms with Crippen LogP contribution in [0.25, 0.3) is 21.2 Å². The number of pyridine rings is 1. The molecule has 0 N–H and O–H groups in total. The van der Waals surface area contributed by atoms with Gasteiger partial charge in [0, 0.05) is 33.6 Å². The van der Waals surface area contributed by atoms with Crippen LogP contribution in [0, 0.1) is 0 Å². The van der Waals surface area contributed by atoms with Gasteiger partial charge in [-0.2, -0.15) is 0 Å². The molecule has 112 valence electrons. The molecule has 23 heavy (non-hydrogen) atoms. The summed E-state index contributed by atoms with van der Waals surface area (Å²) in [5.41, 5.74) is 3.55. The number of aromatic nitrogens is 1. The normalized spacial score (nSPS) is 10.8. The van der Waals surface area contributed by atoms with E-state index in [-0.39, 0.29) is 0 Å². The minimum absolute atomic E-state index is 0.590. The zero-order chi connectivity index (χ0) is 15.5. The van der Waals surface area contributed by atoms with Crippen molar-refractivity contribution in [3.05, 3.63) is 84.0 Å². The van der Waals surface area contributed by atoms with Crippen LogP contribution in [0.15, 0.2) is 78.4 Å². The molecule has 0 saturated carbocycles. The predicted molar refractivity (Wildman–Crippen MR) is 95.8 cm³/mol. The first-order chi connectivity index (χ1) is 11.4. The van der Waals surface area contributed by atoms with Crippen molar-refractivity contribution >= 4 is 21.4 Å². The van der Waals surface area contributed by atoms with Crippen LogP contribution in [0.1, 0.15) is 5.56 Å². The van der Waals surface area contributed by atoms with Crippen molar-refractivity contribution < 1.29 is 4.74 Å². The molecule has 0 aliphatic rings. The van der Waals surface area contributed by atoms with E-state index in [1.54, 1.807) is 17.5 Å². The highest BCUT2D eigenvalue weighted by Gasteiger charge is 2.07. The van der Waals surface area contributed by atoms with E-state index >= 15 is 0 Å². The van der Waals surface area contributed by atoms with E-state index in [9.17, 15) is 0 Å². The van der Waals surface area contributed by atoms with Gasteiger partial charge in [-0.15, -0.1) is 11.3 Å². The lowest BCUT2D eigenvalue weighted by Gasteiger charge is -2.06. The Bertz CT molecular complexity index is 916. The zero-order valence-electron chi connectivity index (χ0n) is 12.5. The third kappa shape index (κ3) is 2.96. The molecule has 0 aliphatic carbocycles. The Hall–Kier alpha value is -2.65. The molecule has 0 aliphatic heterocycles. The van der Waals surface area contributed by atoms with Gasteiger partial charge in [-0.05, 0) is 35.2 Å². The fourth-order valence-corrected chi connectivity index (χ4v) is 3.58. The second-order valence-corrected chi connectivity index (χ2v) is 6.23. The molecule has 0 spiro atoms. The van der Waals surface area contributed by atoms with E-state index in [1.807, 2.05) is 36.5 Å². The smallest absolute Gasteiger partial charge is 0.121 e. The van der Waals surface area contributed by atoms with E-state index < -0.39 is 0 Å². The Balaban J connectivity index is 1.60. The lowest BCUT2D eigenvalue weighted by molar-refractivity contribution is 0.306. The number of benzene rings is 2. The highest BCUT2D eigenvalue weighted by molar-refractivity contribution is 7.17. The SMILES string of the molecule is c1ccc(COc2ccc3c(-c4cccnc4)csc3c2)cc1. The number of hydrogen-bond donors (Lipinski definition) is 0. The molecule has 0 unspecified atom stereocenters.